The predicted molar refractivity (Wildman–Crippen MR) is 72.3 cm³/mol. The zero-order chi connectivity index (χ0) is 14.7. The van der Waals surface area contributed by atoms with Crippen molar-refractivity contribution in [2.75, 3.05) is 12.9 Å². The molecule has 9 heteroatoms. The molecule has 0 unspecified atom stereocenters. The van der Waals surface area contributed by atoms with Gasteiger partial charge in [0.05, 0.1) is 12.9 Å². The number of ether oxygens (including phenoxy) is 1. The Labute approximate surface area is 117 Å². The van der Waals surface area contributed by atoms with E-state index < -0.39 is 19.1 Å². The van der Waals surface area contributed by atoms with E-state index >= 15 is 0 Å². The molecule has 0 saturated heterocycles. The van der Waals surface area contributed by atoms with Crippen LogP contribution in [0.25, 0.3) is 0 Å². The second-order valence-corrected chi connectivity index (χ2v) is 8.28. The van der Waals surface area contributed by atoms with Crippen molar-refractivity contribution >= 4 is 29.8 Å². The van der Waals surface area contributed by atoms with Crippen LogP contribution in [0.1, 0.15) is 12.5 Å². The Kier molecular flexibility index (Phi) is 5.19. The molecule has 108 valence electrons. The molecule has 0 atom stereocenters. The number of hydrogen-bond donors (Lipinski definition) is 1. The monoisotopic (exact) mass is 327 g/mol. The zero-order valence-electron chi connectivity index (χ0n) is 10.4. The van der Waals surface area contributed by atoms with Crippen LogP contribution in [-0.4, -0.2) is 29.7 Å². The molecule has 0 aliphatic carbocycles. The molecule has 1 aromatic carbocycles. The van der Waals surface area contributed by atoms with Gasteiger partial charge in [0.2, 0.25) is 10.0 Å². The van der Waals surface area contributed by atoms with Gasteiger partial charge < -0.3 is 4.74 Å². The van der Waals surface area contributed by atoms with Crippen LogP contribution in [0.4, 0.5) is 0 Å². The molecule has 1 N–H and O–H groups in total. The minimum atomic E-state index is -3.96. The van der Waals surface area contributed by atoms with E-state index in [9.17, 15) is 16.8 Å². The molecule has 0 spiro atoms. The van der Waals surface area contributed by atoms with Gasteiger partial charge in [-0.1, -0.05) is 6.07 Å². The summed E-state index contributed by atoms with van der Waals surface area (Å²) in [7, 11) is -0.698. The zero-order valence-corrected chi connectivity index (χ0v) is 12.8. The van der Waals surface area contributed by atoms with Gasteiger partial charge in [0, 0.05) is 17.2 Å². The lowest BCUT2D eigenvalue weighted by atomic mass is 10.2. The first-order valence-corrected chi connectivity index (χ1v) is 9.24. The number of rotatable bonds is 6. The highest BCUT2D eigenvalue weighted by molar-refractivity contribution is 8.13. The molecule has 0 radical (unpaired) electrons. The molecule has 0 fully saturated rings. The maximum atomic E-state index is 11.4. The molecule has 0 bridgehead atoms. The molecule has 0 heterocycles. The summed E-state index contributed by atoms with van der Waals surface area (Å²) in [5.41, 5.74) is 0.469. The maximum Gasteiger partial charge on any atom is 0.264 e. The van der Waals surface area contributed by atoms with Crippen molar-refractivity contribution < 1.29 is 21.6 Å². The maximum absolute atomic E-state index is 11.4. The van der Waals surface area contributed by atoms with Crippen LogP contribution >= 0.6 is 10.7 Å². The van der Waals surface area contributed by atoms with Crippen molar-refractivity contribution in [2.45, 2.75) is 18.4 Å². The molecule has 0 aliphatic heterocycles. The Morgan fingerprint density at radius 3 is 2.37 bits per heavy atom. The standard InChI is InChI=1S/C10H14ClNO5S2/c1-3-18(13,14)12-7-8-4-5-9(17-2)10(6-8)19(11,15)16/h4-6,12H,3,7H2,1-2H3. The van der Waals surface area contributed by atoms with Crippen molar-refractivity contribution in [3.63, 3.8) is 0 Å². The van der Waals surface area contributed by atoms with Gasteiger partial charge in [-0.3, -0.25) is 0 Å². The van der Waals surface area contributed by atoms with E-state index in [0.717, 1.165) is 0 Å². The third-order valence-corrected chi connectivity index (χ3v) is 5.05. The average molecular weight is 328 g/mol. The van der Waals surface area contributed by atoms with Crippen molar-refractivity contribution in [3.05, 3.63) is 23.8 Å². The molecule has 19 heavy (non-hydrogen) atoms. The van der Waals surface area contributed by atoms with Gasteiger partial charge in [-0.15, -0.1) is 0 Å². The summed E-state index contributed by atoms with van der Waals surface area (Å²) >= 11 is 0. The van der Waals surface area contributed by atoms with Crippen LogP contribution in [-0.2, 0) is 25.6 Å². The summed E-state index contributed by atoms with van der Waals surface area (Å²) < 4.78 is 52.6. The van der Waals surface area contributed by atoms with Gasteiger partial charge in [0.25, 0.3) is 9.05 Å². The molecule has 0 aromatic heterocycles. The minimum Gasteiger partial charge on any atom is -0.495 e. The first kappa shape index (κ1) is 16.2. The third kappa shape index (κ3) is 4.64. The van der Waals surface area contributed by atoms with Crippen LogP contribution in [0.3, 0.4) is 0 Å². The Morgan fingerprint density at radius 1 is 1.26 bits per heavy atom. The van der Waals surface area contributed by atoms with Crippen LogP contribution < -0.4 is 9.46 Å². The lowest BCUT2D eigenvalue weighted by Gasteiger charge is -2.09. The van der Waals surface area contributed by atoms with Crippen molar-refractivity contribution in [3.8, 4) is 5.75 Å². The molecule has 1 rings (SSSR count). The second-order valence-electron chi connectivity index (χ2n) is 3.65. The average Bonchev–Trinajstić information content (AvgIpc) is 2.35. The fourth-order valence-electron chi connectivity index (χ4n) is 1.32. The van der Waals surface area contributed by atoms with Gasteiger partial charge in [0.15, 0.2) is 0 Å². The highest BCUT2D eigenvalue weighted by Crippen LogP contribution is 2.27. The number of halogens is 1. The van der Waals surface area contributed by atoms with Gasteiger partial charge in [-0.05, 0) is 24.6 Å². The van der Waals surface area contributed by atoms with E-state index in [-0.39, 0.29) is 22.9 Å². The number of sulfonamides is 1. The molecule has 0 amide bonds. The normalized spacial score (nSPS) is 12.4. The Morgan fingerprint density at radius 2 is 1.89 bits per heavy atom. The highest BCUT2D eigenvalue weighted by atomic mass is 35.7. The molecular weight excluding hydrogens is 314 g/mol. The Balaban J connectivity index is 3.07. The molecule has 1 aromatic rings. The Hall–Kier alpha value is -0.830. The van der Waals surface area contributed by atoms with Gasteiger partial charge in [-0.25, -0.2) is 21.6 Å². The molecule has 0 aliphatic rings. The van der Waals surface area contributed by atoms with E-state index in [1.54, 1.807) is 6.07 Å². The fraction of sp³-hybridized carbons (Fsp3) is 0.400. The smallest absolute Gasteiger partial charge is 0.264 e. The largest absolute Gasteiger partial charge is 0.495 e. The van der Waals surface area contributed by atoms with Crippen LogP contribution in [0.15, 0.2) is 23.1 Å². The summed E-state index contributed by atoms with van der Waals surface area (Å²) in [6, 6.07) is 4.26. The summed E-state index contributed by atoms with van der Waals surface area (Å²) in [6.07, 6.45) is 0. The van der Waals surface area contributed by atoms with E-state index in [1.165, 1.54) is 26.2 Å². The van der Waals surface area contributed by atoms with Crippen molar-refractivity contribution in [1.29, 1.82) is 0 Å². The fourth-order valence-corrected chi connectivity index (χ4v) is 2.95. The van der Waals surface area contributed by atoms with E-state index in [2.05, 4.69) is 4.72 Å². The third-order valence-electron chi connectivity index (χ3n) is 2.37. The quantitative estimate of drug-likeness (QED) is 0.789. The minimum absolute atomic E-state index is 0.0143. The number of nitrogens with one attached hydrogen (secondary N) is 1. The second kappa shape index (κ2) is 6.08. The first-order chi connectivity index (χ1) is 8.69. The van der Waals surface area contributed by atoms with Gasteiger partial charge in [0.1, 0.15) is 10.6 Å². The molecule has 0 saturated carbocycles. The number of hydrogen-bond acceptors (Lipinski definition) is 5. The van der Waals surface area contributed by atoms with Crippen molar-refractivity contribution in [1.82, 2.24) is 4.72 Å². The highest BCUT2D eigenvalue weighted by Gasteiger charge is 2.17. The van der Waals surface area contributed by atoms with E-state index in [4.69, 9.17) is 15.4 Å². The molecular formula is C10H14ClNO5S2. The van der Waals surface area contributed by atoms with E-state index in [1.807, 2.05) is 0 Å². The SMILES string of the molecule is CCS(=O)(=O)NCc1ccc(OC)c(S(=O)(=O)Cl)c1. The number of methoxy groups -OCH3 is 1. The lowest BCUT2D eigenvalue weighted by molar-refractivity contribution is 0.403. The van der Waals surface area contributed by atoms with Crippen molar-refractivity contribution in [2.24, 2.45) is 0 Å². The summed E-state index contributed by atoms with van der Waals surface area (Å²) in [4.78, 5) is -0.190. The number of benzene rings is 1. The first-order valence-electron chi connectivity index (χ1n) is 5.28. The topological polar surface area (TPSA) is 89.5 Å². The predicted octanol–water partition coefficient (Wildman–Crippen LogP) is 1.06. The molecule has 6 nitrogen and oxygen atoms in total. The summed E-state index contributed by atoms with van der Waals surface area (Å²) in [5.74, 6) is 0.0567. The lowest BCUT2D eigenvalue weighted by Crippen LogP contribution is -2.24. The summed E-state index contributed by atoms with van der Waals surface area (Å²) in [5, 5.41) is 0. The van der Waals surface area contributed by atoms with Gasteiger partial charge in [-0.2, -0.15) is 0 Å². The van der Waals surface area contributed by atoms with Crippen LogP contribution in [0, 0.1) is 0 Å². The van der Waals surface area contributed by atoms with Crippen LogP contribution in [0.5, 0.6) is 5.75 Å². The van der Waals surface area contributed by atoms with Gasteiger partial charge >= 0.3 is 0 Å². The Bertz CT molecular complexity index is 654. The summed E-state index contributed by atoms with van der Waals surface area (Å²) in [6.45, 7) is 1.49. The van der Waals surface area contributed by atoms with Crippen LogP contribution in [0.2, 0.25) is 0 Å². The van der Waals surface area contributed by atoms with E-state index in [0.29, 0.717) is 5.56 Å².